The van der Waals surface area contributed by atoms with Gasteiger partial charge in [0.2, 0.25) is 0 Å². The van der Waals surface area contributed by atoms with Crippen LogP contribution in [0.15, 0.2) is 35.5 Å². The smallest absolute Gasteiger partial charge is 0.0472 e. The Hall–Kier alpha value is -0.770. The van der Waals surface area contributed by atoms with Gasteiger partial charge in [0.15, 0.2) is 0 Å². The van der Waals surface area contributed by atoms with E-state index in [2.05, 4.69) is 32.8 Å². The highest BCUT2D eigenvalue weighted by molar-refractivity contribution is 9.11. The molecule has 0 aliphatic rings. The van der Waals surface area contributed by atoms with Crippen molar-refractivity contribution in [3.63, 3.8) is 0 Å². The number of fused-ring (bicyclic) bond motifs is 1. The fourth-order valence-electron chi connectivity index (χ4n) is 1.64. The van der Waals surface area contributed by atoms with E-state index in [1.54, 1.807) is 0 Å². The number of benzene rings is 1. The van der Waals surface area contributed by atoms with Crippen LogP contribution in [0.1, 0.15) is 5.56 Å². The van der Waals surface area contributed by atoms with Gasteiger partial charge < -0.3 is 10.3 Å². The second kappa shape index (κ2) is 5.04. The van der Waals surface area contributed by atoms with Crippen LogP contribution >= 0.6 is 27.5 Å². The largest absolute Gasteiger partial charge is 0.361 e. The summed E-state index contributed by atoms with van der Waals surface area (Å²) in [5.41, 5.74) is 2.31. The molecular weight excluding hydrogens is 288 g/mol. The van der Waals surface area contributed by atoms with Gasteiger partial charge in [0.05, 0.1) is 0 Å². The number of H-pyrrole nitrogens is 1. The van der Waals surface area contributed by atoms with Crippen molar-refractivity contribution in [3.8, 4) is 0 Å². The minimum Gasteiger partial charge on any atom is -0.361 e. The second-order valence-corrected chi connectivity index (χ2v) is 5.18. The fourth-order valence-corrected chi connectivity index (χ4v) is 2.01. The minimum atomic E-state index is 0.752. The molecule has 1 heterocycles. The lowest BCUT2D eigenvalue weighted by Crippen LogP contribution is -2.13. The molecule has 0 radical (unpaired) electrons. The number of halogens is 2. The highest BCUT2D eigenvalue weighted by atomic mass is 79.9. The Balaban J connectivity index is 2.15. The molecule has 0 saturated heterocycles. The molecule has 1 aromatic heterocycles. The van der Waals surface area contributed by atoms with E-state index in [1.165, 1.54) is 10.9 Å². The van der Waals surface area contributed by atoms with E-state index in [4.69, 9.17) is 11.6 Å². The van der Waals surface area contributed by atoms with E-state index in [-0.39, 0.29) is 0 Å². The summed E-state index contributed by atoms with van der Waals surface area (Å²) in [5.74, 6) is 0. The molecule has 0 unspecified atom stereocenters. The van der Waals surface area contributed by atoms with Gasteiger partial charge in [0, 0.05) is 39.7 Å². The van der Waals surface area contributed by atoms with Crippen molar-refractivity contribution < 1.29 is 0 Å². The van der Waals surface area contributed by atoms with Crippen molar-refractivity contribution >= 4 is 38.4 Å². The topological polar surface area (TPSA) is 27.8 Å². The lowest BCUT2D eigenvalue weighted by molar-refractivity contribution is 0.761. The summed E-state index contributed by atoms with van der Waals surface area (Å²) < 4.78 is 0.954. The molecular formula is C12H12BrClN2. The summed E-state index contributed by atoms with van der Waals surface area (Å²) in [6.07, 6.45) is 2.00. The quantitative estimate of drug-likeness (QED) is 0.882. The first-order chi connectivity index (χ1) is 7.66. The average molecular weight is 300 g/mol. The van der Waals surface area contributed by atoms with E-state index in [0.29, 0.717) is 0 Å². The van der Waals surface area contributed by atoms with Crippen LogP contribution in [0, 0.1) is 0 Å². The average Bonchev–Trinajstić information content (AvgIpc) is 2.60. The van der Waals surface area contributed by atoms with Crippen LogP contribution in [-0.4, -0.2) is 11.5 Å². The molecule has 2 nitrogen and oxygen atoms in total. The van der Waals surface area contributed by atoms with Crippen LogP contribution in [0.4, 0.5) is 0 Å². The molecule has 0 aliphatic carbocycles. The van der Waals surface area contributed by atoms with Crippen molar-refractivity contribution in [2.45, 2.75) is 6.54 Å². The molecule has 0 saturated carbocycles. The van der Waals surface area contributed by atoms with Gasteiger partial charge in [0.1, 0.15) is 0 Å². The van der Waals surface area contributed by atoms with E-state index in [1.807, 2.05) is 24.4 Å². The van der Waals surface area contributed by atoms with Crippen LogP contribution < -0.4 is 5.32 Å². The normalized spacial score (nSPS) is 10.9. The summed E-state index contributed by atoms with van der Waals surface area (Å²) in [7, 11) is 0. The Morgan fingerprint density at radius 1 is 1.50 bits per heavy atom. The molecule has 1 aromatic carbocycles. The maximum atomic E-state index is 5.92. The third-order valence-corrected chi connectivity index (χ3v) is 2.88. The molecule has 4 heteroatoms. The van der Waals surface area contributed by atoms with E-state index in [9.17, 15) is 0 Å². The van der Waals surface area contributed by atoms with Crippen molar-refractivity contribution in [1.29, 1.82) is 0 Å². The number of rotatable bonds is 4. The minimum absolute atomic E-state index is 0.752. The molecule has 0 aliphatic heterocycles. The summed E-state index contributed by atoms with van der Waals surface area (Å²) in [5, 5.41) is 5.25. The molecule has 2 rings (SSSR count). The highest BCUT2D eigenvalue weighted by Crippen LogP contribution is 2.21. The van der Waals surface area contributed by atoms with Crippen molar-refractivity contribution in [2.75, 3.05) is 6.54 Å². The van der Waals surface area contributed by atoms with E-state index in [0.717, 1.165) is 28.1 Å². The van der Waals surface area contributed by atoms with E-state index >= 15 is 0 Å². The number of aromatic amines is 1. The Bertz CT molecular complexity index is 519. The lowest BCUT2D eigenvalue weighted by Gasteiger charge is -2.02. The Morgan fingerprint density at radius 3 is 3.06 bits per heavy atom. The third kappa shape index (κ3) is 2.67. The zero-order chi connectivity index (χ0) is 11.5. The maximum Gasteiger partial charge on any atom is 0.0472 e. The summed E-state index contributed by atoms with van der Waals surface area (Å²) in [6, 6.07) is 5.88. The van der Waals surface area contributed by atoms with Crippen LogP contribution in [0.25, 0.3) is 10.9 Å². The Kier molecular flexibility index (Phi) is 3.69. The van der Waals surface area contributed by atoms with E-state index < -0.39 is 0 Å². The van der Waals surface area contributed by atoms with Gasteiger partial charge in [-0.3, -0.25) is 0 Å². The first-order valence-corrected chi connectivity index (χ1v) is 6.13. The standard InChI is InChI=1S/C12H12BrClN2/c1-8(13)5-15-6-9-7-16-12-4-10(14)2-3-11(9)12/h2-4,7,15-16H,1,5-6H2. The van der Waals surface area contributed by atoms with Crippen molar-refractivity contribution in [1.82, 2.24) is 10.3 Å². The Labute approximate surface area is 108 Å². The van der Waals surface area contributed by atoms with Crippen LogP contribution in [0.5, 0.6) is 0 Å². The van der Waals surface area contributed by atoms with Gasteiger partial charge in [0.25, 0.3) is 0 Å². The van der Waals surface area contributed by atoms with Gasteiger partial charge in [-0.25, -0.2) is 0 Å². The zero-order valence-corrected chi connectivity index (χ0v) is 11.0. The van der Waals surface area contributed by atoms with Gasteiger partial charge in [-0.15, -0.1) is 0 Å². The number of nitrogens with one attached hydrogen (secondary N) is 2. The lowest BCUT2D eigenvalue weighted by atomic mass is 10.2. The van der Waals surface area contributed by atoms with Gasteiger partial charge in [-0.2, -0.15) is 0 Å². The predicted octanol–water partition coefficient (Wildman–Crippen LogP) is 3.82. The molecule has 16 heavy (non-hydrogen) atoms. The molecule has 84 valence electrons. The number of hydrogen-bond donors (Lipinski definition) is 2. The monoisotopic (exact) mass is 298 g/mol. The Morgan fingerprint density at radius 2 is 2.31 bits per heavy atom. The number of aromatic nitrogens is 1. The number of hydrogen-bond acceptors (Lipinski definition) is 1. The second-order valence-electron chi connectivity index (χ2n) is 3.62. The van der Waals surface area contributed by atoms with Gasteiger partial charge >= 0.3 is 0 Å². The van der Waals surface area contributed by atoms with Crippen molar-refractivity contribution in [3.05, 3.63) is 46.0 Å². The molecule has 0 fully saturated rings. The molecule has 2 N–H and O–H groups in total. The van der Waals surface area contributed by atoms with Gasteiger partial charge in [-0.05, 0) is 17.7 Å². The molecule has 2 aromatic rings. The first-order valence-electron chi connectivity index (χ1n) is 4.96. The van der Waals surface area contributed by atoms with Crippen molar-refractivity contribution in [2.24, 2.45) is 0 Å². The van der Waals surface area contributed by atoms with Gasteiger partial charge in [-0.1, -0.05) is 40.2 Å². The molecule has 0 amide bonds. The third-order valence-electron chi connectivity index (χ3n) is 2.36. The summed E-state index contributed by atoms with van der Waals surface area (Å²) in [4.78, 5) is 3.21. The fraction of sp³-hybridized carbons (Fsp3) is 0.167. The maximum absolute atomic E-state index is 5.92. The van der Waals surface area contributed by atoms with Crippen LogP contribution in [0.3, 0.4) is 0 Å². The molecule has 0 bridgehead atoms. The van der Waals surface area contributed by atoms with Crippen LogP contribution in [0.2, 0.25) is 5.02 Å². The first kappa shape index (κ1) is 11.7. The SMILES string of the molecule is C=C(Br)CNCc1c[nH]c2cc(Cl)ccc12. The molecule has 0 atom stereocenters. The summed E-state index contributed by atoms with van der Waals surface area (Å²) >= 11 is 9.24. The molecule has 0 spiro atoms. The highest BCUT2D eigenvalue weighted by Gasteiger charge is 2.03. The summed E-state index contributed by atoms with van der Waals surface area (Å²) in [6.45, 7) is 5.35. The van der Waals surface area contributed by atoms with Crippen LogP contribution in [-0.2, 0) is 6.54 Å². The predicted molar refractivity (Wildman–Crippen MR) is 73.1 cm³/mol. The zero-order valence-electron chi connectivity index (χ0n) is 8.69.